The summed E-state index contributed by atoms with van der Waals surface area (Å²) in [4.78, 5) is 10.2. The number of non-ortho nitro benzene ring substituents is 1. The fourth-order valence-electron chi connectivity index (χ4n) is 1.49. The van der Waals surface area contributed by atoms with Crippen LogP contribution in [0.2, 0.25) is 5.02 Å². The normalized spacial score (nSPS) is 11.4. The average Bonchev–Trinajstić information content (AvgIpc) is 2.73. The molecule has 0 saturated heterocycles. The van der Waals surface area contributed by atoms with Crippen LogP contribution in [-0.4, -0.2) is 13.3 Å². The summed E-state index contributed by atoms with van der Waals surface area (Å²) in [6.07, 6.45) is 0. The van der Waals surface area contributed by atoms with Gasteiger partial charge in [-0.05, 0) is 34.5 Å². The highest BCUT2D eigenvalue weighted by Crippen LogP contribution is 2.35. The van der Waals surface area contributed by atoms with E-state index in [2.05, 4.69) is 20.7 Å². The van der Waals surface area contributed by atoms with Gasteiger partial charge in [0.15, 0.2) is 0 Å². The van der Waals surface area contributed by atoms with Crippen molar-refractivity contribution in [3.63, 3.8) is 0 Å². The van der Waals surface area contributed by atoms with Crippen molar-refractivity contribution in [1.29, 1.82) is 0 Å². The van der Waals surface area contributed by atoms with Gasteiger partial charge in [0, 0.05) is 12.1 Å². The molecule has 0 aliphatic rings. The number of anilines is 1. The van der Waals surface area contributed by atoms with Crippen molar-refractivity contribution in [3.8, 4) is 0 Å². The molecule has 1 heterocycles. The van der Waals surface area contributed by atoms with Gasteiger partial charge in [0.05, 0.1) is 19.4 Å². The lowest BCUT2D eigenvalue weighted by atomic mass is 10.2. The minimum atomic E-state index is -3.85. The second-order valence-corrected chi connectivity index (χ2v) is 8.74. The first kappa shape index (κ1) is 16.2. The van der Waals surface area contributed by atoms with Crippen LogP contribution in [0.15, 0.2) is 32.3 Å². The Balaban J connectivity index is 2.41. The second kappa shape index (κ2) is 5.91. The lowest BCUT2D eigenvalue weighted by molar-refractivity contribution is -0.384. The van der Waals surface area contributed by atoms with E-state index in [0.29, 0.717) is 9.35 Å². The minimum absolute atomic E-state index is 0.0188. The number of thiophene rings is 1. The Bertz CT molecular complexity index is 800. The average molecular weight is 412 g/mol. The number of nitrogens with one attached hydrogen (secondary N) is 1. The molecule has 0 saturated carbocycles. The minimum Gasteiger partial charge on any atom is -0.278 e. The van der Waals surface area contributed by atoms with Crippen LogP contribution in [0, 0.1) is 17.0 Å². The maximum Gasteiger partial charge on any atom is 0.271 e. The van der Waals surface area contributed by atoms with Crippen LogP contribution >= 0.6 is 38.9 Å². The van der Waals surface area contributed by atoms with Crippen molar-refractivity contribution in [2.24, 2.45) is 0 Å². The molecule has 1 N–H and O–H groups in total. The number of aryl methyl sites for hydroxylation is 1. The molecule has 21 heavy (non-hydrogen) atoms. The van der Waals surface area contributed by atoms with Gasteiger partial charge in [-0.2, -0.15) is 0 Å². The summed E-state index contributed by atoms with van der Waals surface area (Å²) in [7, 11) is -3.85. The molecular formula is C11H8BrClN2O4S2. The summed E-state index contributed by atoms with van der Waals surface area (Å²) in [5, 5.41) is 11.0. The van der Waals surface area contributed by atoms with E-state index in [1.165, 1.54) is 24.3 Å². The maximum atomic E-state index is 12.3. The Morgan fingerprint density at radius 1 is 1.38 bits per heavy atom. The third kappa shape index (κ3) is 3.54. The van der Waals surface area contributed by atoms with Gasteiger partial charge in [0.25, 0.3) is 15.7 Å². The zero-order chi connectivity index (χ0) is 15.8. The molecule has 0 bridgehead atoms. The van der Waals surface area contributed by atoms with E-state index < -0.39 is 14.9 Å². The molecule has 0 aliphatic heterocycles. The van der Waals surface area contributed by atoms with E-state index in [4.69, 9.17) is 11.6 Å². The van der Waals surface area contributed by atoms with E-state index in [1.807, 2.05) is 0 Å². The smallest absolute Gasteiger partial charge is 0.271 e. The van der Waals surface area contributed by atoms with Gasteiger partial charge < -0.3 is 0 Å². The molecule has 1 aromatic carbocycles. The van der Waals surface area contributed by atoms with Crippen LogP contribution < -0.4 is 4.72 Å². The lowest BCUT2D eigenvalue weighted by Gasteiger charge is -2.08. The van der Waals surface area contributed by atoms with Crippen LogP contribution in [0.25, 0.3) is 0 Å². The fourth-order valence-corrected chi connectivity index (χ4v) is 5.01. The highest BCUT2D eigenvalue weighted by molar-refractivity contribution is 9.11. The molecular weight excluding hydrogens is 404 g/mol. The first-order valence-corrected chi connectivity index (χ1v) is 8.90. The number of hydrogen-bond acceptors (Lipinski definition) is 5. The molecule has 0 amide bonds. The highest BCUT2D eigenvalue weighted by Gasteiger charge is 2.21. The van der Waals surface area contributed by atoms with Crippen LogP contribution in [0.5, 0.6) is 0 Å². The Hall–Kier alpha value is -1.16. The number of sulfonamides is 1. The summed E-state index contributed by atoms with van der Waals surface area (Å²) >= 11 is 9.92. The predicted molar refractivity (Wildman–Crippen MR) is 85.7 cm³/mol. The van der Waals surface area contributed by atoms with Gasteiger partial charge in [-0.25, -0.2) is 8.42 Å². The molecule has 2 aromatic rings. The zero-order valence-electron chi connectivity index (χ0n) is 10.5. The summed E-state index contributed by atoms with van der Waals surface area (Å²) in [5.74, 6) is 0. The molecule has 0 radical (unpaired) electrons. The summed E-state index contributed by atoms with van der Waals surface area (Å²) in [6.45, 7) is 1.65. The van der Waals surface area contributed by atoms with E-state index in [-0.39, 0.29) is 20.6 Å². The largest absolute Gasteiger partial charge is 0.278 e. The number of hydrogen-bond donors (Lipinski definition) is 1. The Morgan fingerprint density at radius 3 is 2.57 bits per heavy atom. The van der Waals surface area contributed by atoms with Crippen LogP contribution in [0.3, 0.4) is 0 Å². The van der Waals surface area contributed by atoms with Crippen molar-refractivity contribution in [1.82, 2.24) is 0 Å². The summed E-state index contributed by atoms with van der Waals surface area (Å²) in [5.41, 5.74) is 0.541. The van der Waals surface area contributed by atoms with Crippen molar-refractivity contribution in [2.45, 2.75) is 11.1 Å². The standard InChI is InChI=1S/C11H8BrClN2O4S2/c1-6-2-3-7(15(16)17)4-9(6)14-21(18,19)10-5-8(13)11(12)20-10/h2-5,14H,1H3. The van der Waals surface area contributed by atoms with Crippen LogP contribution in [-0.2, 0) is 10.0 Å². The van der Waals surface area contributed by atoms with Gasteiger partial charge in [0.1, 0.15) is 4.21 Å². The first-order chi connectivity index (χ1) is 9.70. The van der Waals surface area contributed by atoms with Gasteiger partial charge in [-0.3, -0.25) is 14.8 Å². The first-order valence-electron chi connectivity index (χ1n) is 5.43. The van der Waals surface area contributed by atoms with E-state index in [0.717, 1.165) is 11.3 Å². The van der Waals surface area contributed by atoms with Gasteiger partial charge in [-0.1, -0.05) is 17.7 Å². The molecule has 2 rings (SSSR count). The van der Waals surface area contributed by atoms with Crippen molar-refractivity contribution in [2.75, 3.05) is 4.72 Å². The number of rotatable bonds is 4. The molecule has 0 fully saturated rings. The molecule has 1 aromatic heterocycles. The quantitative estimate of drug-likeness (QED) is 0.603. The SMILES string of the molecule is Cc1ccc([N+](=O)[O-])cc1NS(=O)(=O)c1cc(Cl)c(Br)s1. The van der Waals surface area contributed by atoms with Crippen LogP contribution in [0.1, 0.15) is 5.56 Å². The Morgan fingerprint density at radius 2 is 2.05 bits per heavy atom. The fraction of sp³-hybridized carbons (Fsp3) is 0.0909. The molecule has 0 aliphatic carbocycles. The summed E-state index contributed by atoms with van der Waals surface area (Å²) in [6, 6.07) is 5.28. The Labute approximate surface area is 138 Å². The van der Waals surface area contributed by atoms with E-state index >= 15 is 0 Å². The molecule has 10 heteroatoms. The summed E-state index contributed by atoms with van der Waals surface area (Å²) < 4.78 is 27.4. The van der Waals surface area contributed by atoms with Crippen molar-refractivity contribution >= 4 is 60.3 Å². The monoisotopic (exact) mass is 410 g/mol. The van der Waals surface area contributed by atoms with Crippen LogP contribution in [0.4, 0.5) is 11.4 Å². The van der Waals surface area contributed by atoms with Gasteiger partial charge in [-0.15, -0.1) is 11.3 Å². The third-order valence-electron chi connectivity index (χ3n) is 2.56. The molecule has 6 nitrogen and oxygen atoms in total. The van der Waals surface area contributed by atoms with Gasteiger partial charge in [0.2, 0.25) is 0 Å². The number of benzene rings is 1. The molecule has 0 unspecified atom stereocenters. The van der Waals surface area contributed by atoms with E-state index in [1.54, 1.807) is 6.92 Å². The lowest BCUT2D eigenvalue weighted by Crippen LogP contribution is -2.12. The van der Waals surface area contributed by atoms with E-state index in [9.17, 15) is 18.5 Å². The molecule has 112 valence electrons. The third-order valence-corrected chi connectivity index (χ3v) is 6.88. The van der Waals surface area contributed by atoms with Gasteiger partial charge >= 0.3 is 0 Å². The molecule has 0 spiro atoms. The predicted octanol–water partition coefficient (Wildman–Crippen LogP) is 4.18. The second-order valence-electron chi connectivity index (χ2n) is 4.05. The topological polar surface area (TPSA) is 89.3 Å². The Kier molecular flexibility index (Phi) is 4.57. The number of halogens is 2. The zero-order valence-corrected chi connectivity index (χ0v) is 14.4. The van der Waals surface area contributed by atoms with Crippen molar-refractivity contribution < 1.29 is 13.3 Å². The maximum absolute atomic E-state index is 12.3. The highest BCUT2D eigenvalue weighted by atomic mass is 79.9. The number of nitro groups is 1. The number of nitrogens with zero attached hydrogens (tertiary/aromatic N) is 1. The molecule has 0 atom stereocenters. The number of nitro benzene ring substituents is 1. The van der Waals surface area contributed by atoms with Crippen molar-refractivity contribution in [3.05, 3.63) is 48.8 Å².